The number of nitrogens with one attached hydrogen (secondary N) is 1. The Morgan fingerprint density at radius 1 is 0.867 bits per heavy atom. The van der Waals surface area contributed by atoms with Gasteiger partial charge in [-0.2, -0.15) is 0 Å². The summed E-state index contributed by atoms with van der Waals surface area (Å²) in [6, 6.07) is 25.1. The molecule has 2 aromatic carbocycles. The van der Waals surface area contributed by atoms with E-state index >= 15 is 0 Å². The van der Waals surface area contributed by atoms with Crippen molar-refractivity contribution >= 4 is 5.91 Å². The molecule has 156 valence electrons. The summed E-state index contributed by atoms with van der Waals surface area (Å²) in [6.45, 7) is 5.99. The van der Waals surface area contributed by atoms with Gasteiger partial charge in [0.25, 0.3) is 0 Å². The van der Waals surface area contributed by atoms with Crippen LogP contribution in [0, 0.1) is 0 Å². The van der Waals surface area contributed by atoms with Crippen molar-refractivity contribution in [3.05, 3.63) is 95.9 Å². The zero-order valence-corrected chi connectivity index (χ0v) is 17.4. The van der Waals surface area contributed by atoms with Gasteiger partial charge in [0.1, 0.15) is 5.76 Å². The van der Waals surface area contributed by atoms with E-state index in [-0.39, 0.29) is 18.0 Å². The number of hydrogen-bond acceptors (Lipinski definition) is 4. The predicted octanol–water partition coefficient (Wildman–Crippen LogP) is 3.69. The quantitative estimate of drug-likeness (QED) is 0.654. The molecule has 30 heavy (non-hydrogen) atoms. The van der Waals surface area contributed by atoms with Crippen LogP contribution in [0.15, 0.2) is 83.5 Å². The first-order chi connectivity index (χ1) is 14.7. The second-order valence-corrected chi connectivity index (χ2v) is 7.77. The number of nitrogens with zero attached hydrogens (tertiary/aromatic N) is 2. The van der Waals surface area contributed by atoms with Crippen molar-refractivity contribution in [1.29, 1.82) is 0 Å². The van der Waals surface area contributed by atoms with Crippen LogP contribution in [0.4, 0.5) is 0 Å². The summed E-state index contributed by atoms with van der Waals surface area (Å²) in [5, 5.41) is 2.98. The highest BCUT2D eigenvalue weighted by Gasteiger charge is 2.30. The molecule has 1 aromatic heterocycles. The van der Waals surface area contributed by atoms with E-state index < -0.39 is 0 Å². The summed E-state index contributed by atoms with van der Waals surface area (Å²) in [5.74, 6) is 0.816. The lowest BCUT2D eigenvalue weighted by molar-refractivity contribution is -0.126. The van der Waals surface area contributed by atoms with Crippen LogP contribution in [0.3, 0.4) is 0 Å². The van der Waals surface area contributed by atoms with Gasteiger partial charge < -0.3 is 9.73 Å². The van der Waals surface area contributed by atoms with Crippen molar-refractivity contribution in [1.82, 2.24) is 15.1 Å². The van der Waals surface area contributed by atoms with Crippen LogP contribution in [0.1, 0.15) is 29.9 Å². The Morgan fingerprint density at radius 2 is 1.43 bits per heavy atom. The van der Waals surface area contributed by atoms with Crippen LogP contribution in [0.5, 0.6) is 0 Å². The lowest BCUT2D eigenvalue weighted by atomic mass is 9.96. The topological polar surface area (TPSA) is 48.7 Å². The van der Waals surface area contributed by atoms with Crippen LogP contribution in [-0.4, -0.2) is 47.9 Å². The molecule has 1 atom stereocenters. The van der Waals surface area contributed by atoms with Crippen molar-refractivity contribution in [3.63, 3.8) is 0 Å². The Bertz CT molecular complexity index is 865. The largest absolute Gasteiger partial charge is 0.467 e. The molecule has 0 saturated carbocycles. The molecule has 1 saturated heterocycles. The highest BCUT2D eigenvalue weighted by atomic mass is 16.3. The van der Waals surface area contributed by atoms with Crippen LogP contribution >= 0.6 is 0 Å². The molecule has 0 aliphatic carbocycles. The van der Waals surface area contributed by atoms with Gasteiger partial charge >= 0.3 is 0 Å². The molecule has 5 heteroatoms. The fourth-order valence-electron chi connectivity index (χ4n) is 4.17. The third-order valence-corrected chi connectivity index (χ3v) is 5.89. The van der Waals surface area contributed by atoms with E-state index in [1.54, 1.807) is 6.26 Å². The zero-order valence-electron chi connectivity index (χ0n) is 17.4. The summed E-state index contributed by atoms with van der Waals surface area (Å²) < 4.78 is 5.30. The minimum absolute atomic E-state index is 0.0440. The Kier molecular flexibility index (Phi) is 6.62. The Morgan fingerprint density at radius 3 is 1.97 bits per heavy atom. The van der Waals surface area contributed by atoms with Crippen LogP contribution < -0.4 is 5.32 Å². The van der Waals surface area contributed by atoms with E-state index in [4.69, 9.17) is 4.42 Å². The average Bonchev–Trinajstić information content (AvgIpc) is 3.33. The van der Waals surface area contributed by atoms with Crippen molar-refractivity contribution in [2.75, 3.05) is 26.2 Å². The fraction of sp³-hybridized carbons (Fsp3) is 0.320. The molecule has 0 spiro atoms. The summed E-state index contributed by atoms with van der Waals surface area (Å²) >= 11 is 0. The van der Waals surface area contributed by atoms with Crippen LogP contribution in [-0.2, 0) is 11.3 Å². The maximum Gasteiger partial charge on any atom is 0.237 e. The van der Waals surface area contributed by atoms with Gasteiger partial charge in [0, 0.05) is 26.2 Å². The molecule has 1 aliphatic rings. The van der Waals surface area contributed by atoms with E-state index in [1.807, 2.05) is 19.1 Å². The first-order valence-electron chi connectivity index (χ1n) is 10.6. The van der Waals surface area contributed by atoms with E-state index in [0.29, 0.717) is 6.54 Å². The minimum Gasteiger partial charge on any atom is -0.467 e. The zero-order chi connectivity index (χ0) is 20.8. The highest BCUT2D eigenvalue weighted by Crippen LogP contribution is 2.29. The molecule has 2 heterocycles. The molecule has 0 bridgehead atoms. The molecule has 5 nitrogen and oxygen atoms in total. The van der Waals surface area contributed by atoms with Crippen molar-refractivity contribution in [2.45, 2.75) is 25.6 Å². The van der Waals surface area contributed by atoms with Gasteiger partial charge in [-0.1, -0.05) is 60.7 Å². The number of hydrogen-bond donors (Lipinski definition) is 1. The third-order valence-electron chi connectivity index (χ3n) is 5.89. The maximum absolute atomic E-state index is 12.6. The van der Waals surface area contributed by atoms with Gasteiger partial charge in [-0.3, -0.25) is 14.6 Å². The van der Waals surface area contributed by atoms with E-state index in [1.165, 1.54) is 11.1 Å². The van der Waals surface area contributed by atoms with Gasteiger partial charge in [0.15, 0.2) is 0 Å². The Labute approximate surface area is 178 Å². The maximum atomic E-state index is 12.6. The predicted molar refractivity (Wildman–Crippen MR) is 118 cm³/mol. The summed E-state index contributed by atoms with van der Waals surface area (Å²) in [7, 11) is 0. The molecule has 1 unspecified atom stereocenters. The standard InChI is InChI=1S/C25H29N3O2/c1-20(25(29)26-19-23-13-8-18-30-23)27-14-16-28(17-15-27)24(21-9-4-2-5-10-21)22-11-6-3-7-12-22/h2-13,18,20,24H,14-17,19H2,1H3,(H,26,29). The Balaban J connectivity index is 1.39. The number of amides is 1. The lowest BCUT2D eigenvalue weighted by Gasteiger charge is -2.41. The second kappa shape index (κ2) is 9.74. The van der Waals surface area contributed by atoms with Crippen molar-refractivity contribution in [2.24, 2.45) is 0 Å². The number of carbonyl (C=O) groups excluding carboxylic acids is 1. The molecule has 3 aromatic rings. The molecule has 0 radical (unpaired) electrons. The lowest BCUT2D eigenvalue weighted by Crippen LogP contribution is -2.54. The van der Waals surface area contributed by atoms with Gasteiger partial charge in [-0.05, 0) is 30.2 Å². The first-order valence-corrected chi connectivity index (χ1v) is 10.6. The third kappa shape index (κ3) is 4.81. The summed E-state index contributed by atoms with van der Waals surface area (Å²) in [6.07, 6.45) is 1.63. The van der Waals surface area contributed by atoms with E-state index in [9.17, 15) is 4.79 Å². The second-order valence-electron chi connectivity index (χ2n) is 7.77. The van der Waals surface area contributed by atoms with Crippen molar-refractivity contribution < 1.29 is 9.21 Å². The molecular formula is C25H29N3O2. The van der Waals surface area contributed by atoms with Gasteiger partial charge in [-0.15, -0.1) is 0 Å². The highest BCUT2D eigenvalue weighted by molar-refractivity contribution is 5.81. The van der Waals surface area contributed by atoms with Crippen LogP contribution in [0.2, 0.25) is 0 Å². The SMILES string of the molecule is CC(C(=O)NCc1ccco1)N1CCN(C(c2ccccc2)c2ccccc2)CC1. The molecule has 4 rings (SSSR count). The summed E-state index contributed by atoms with van der Waals surface area (Å²) in [4.78, 5) is 17.4. The smallest absolute Gasteiger partial charge is 0.237 e. The number of piperazine rings is 1. The average molecular weight is 404 g/mol. The number of benzene rings is 2. The van der Waals surface area contributed by atoms with Crippen LogP contribution in [0.25, 0.3) is 0 Å². The normalized spacial score (nSPS) is 16.5. The molecule has 1 fully saturated rings. The van der Waals surface area contributed by atoms with Gasteiger partial charge in [0.05, 0.1) is 24.9 Å². The van der Waals surface area contributed by atoms with Gasteiger partial charge in [0.2, 0.25) is 5.91 Å². The van der Waals surface area contributed by atoms with E-state index in [2.05, 4.69) is 75.8 Å². The Hall–Kier alpha value is -2.89. The van der Waals surface area contributed by atoms with Gasteiger partial charge in [-0.25, -0.2) is 0 Å². The number of carbonyl (C=O) groups is 1. The molecule has 1 aliphatic heterocycles. The fourth-order valence-corrected chi connectivity index (χ4v) is 4.17. The molecule has 1 amide bonds. The van der Waals surface area contributed by atoms with Crippen molar-refractivity contribution in [3.8, 4) is 0 Å². The summed E-state index contributed by atoms with van der Waals surface area (Å²) in [5.41, 5.74) is 2.61. The molecular weight excluding hydrogens is 374 g/mol. The molecule has 1 N–H and O–H groups in total. The monoisotopic (exact) mass is 403 g/mol. The first kappa shape index (κ1) is 20.4. The minimum atomic E-state index is -0.158. The van der Waals surface area contributed by atoms with E-state index in [0.717, 1.165) is 31.9 Å². The number of furan rings is 1. The number of rotatable bonds is 7.